The van der Waals surface area contributed by atoms with E-state index in [1.165, 1.54) is 12.1 Å². The highest BCUT2D eigenvalue weighted by atomic mass is 19.1. The number of carbonyl (C=O) groups is 2. The molecule has 1 atom stereocenters. The molecule has 19 heavy (non-hydrogen) atoms. The smallest absolute Gasteiger partial charge is 0.248 e. The van der Waals surface area contributed by atoms with E-state index in [0.717, 1.165) is 6.07 Å². The molecule has 0 aliphatic heterocycles. The summed E-state index contributed by atoms with van der Waals surface area (Å²) in [5, 5.41) is 5.57. The SMILES string of the molecule is CCNC(=O)C(C)NCc1ccc(C(N)=O)cc1F. The summed E-state index contributed by atoms with van der Waals surface area (Å²) < 4.78 is 13.7. The van der Waals surface area contributed by atoms with Crippen molar-refractivity contribution in [3.8, 4) is 0 Å². The van der Waals surface area contributed by atoms with Gasteiger partial charge in [0, 0.05) is 24.2 Å². The third kappa shape index (κ3) is 4.33. The fourth-order valence-corrected chi connectivity index (χ4v) is 1.53. The predicted octanol–water partition coefficient (Wildman–Crippen LogP) is 0.539. The second kappa shape index (κ2) is 6.84. The number of halogens is 1. The first-order chi connectivity index (χ1) is 8.95. The molecular formula is C13H18FN3O2. The van der Waals surface area contributed by atoms with Gasteiger partial charge in [0.1, 0.15) is 5.82 Å². The van der Waals surface area contributed by atoms with E-state index >= 15 is 0 Å². The molecule has 0 saturated carbocycles. The van der Waals surface area contributed by atoms with Gasteiger partial charge in [-0.3, -0.25) is 9.59 Å². The van der Waals surface area contributed by atoms with E-state index in [4.69, 9.17) is 5.73 Å². The molecule has 0 aliphatic rings. The second-order valence-corrected chi connectivity index (χ2v) is 4.17. The van der Waals surface area contributed by atoms with E-state index in [1.807, 2.05) is 6.92 Å². The van der Waals surface area contributed by atoms with Crippen LogP contribution < -0.4 is 16.4 Å². The largest absolute Gasteiger partial charge is 0.366 e. The Balaban J connectivity index is 2.63. The van der Waals surface area contributed by atoms with Crippen molar-refractivity contribution in [1.29, 1.82) is 0 Å². The first-order valence-corrected chi connectivity index (χ1v) is 6.05. The summed E-state index contributed by atoms with van der Waals surface area (Å²) in [6, 6.07) is 3.61. The van der Waals surface area contributed by atoms with Gasteiger partial charge in [-0.2, -0.15) is 0 Å². The molecule has 0 saturated heterocycles. The summed E-state index contributed by atoms with van der Waals surface area (Å²) in [4.78, 5) is 22.3. The van der Waals surface area contributed by atoms with Gasteiger partial charge in [0.15, 0.2) is 0 Å². The average Bonchev–Trinajstić information content (AvgIpc) is 2.36. The molecule has 1 rings (SSSR count). The van der Waals surface area contributed by atoms with E-state index in [9.17, 15) is 14.0 Å². The normalized spacial score (nSPS) is 11.9. The van der Waals surface area contributed by atoms with E-state index < -0.39 is 17.8 Å². The predicted molar refractivity (Wildman–Crippen MR) is 69.9 cm³/mol. The molecule has 1 unspecified atom stereocenters. The third-order valence-corrected chi connectivity index (χ3v) is 2.68. The molecule has 1 aromatic carbocycles. The minimum atomic E-state index is -0.672. The van der Waals surface area contributed by atoms with Gasteiger partial charge in [0.05, 0.1) is 6.04 Å². The van der Waals surface area contributed by atoms with Crippen LogP contribution in [0, 0.1) is 5.82 Å². The van der Waals surface area contributed by atoms with E-state index in [1.54, 1.807) is 6.92 Å². The minimum absolute atomic E-state index is 0.123. The van der Waals surface area contributed by atoms with Gasteiger partial charge in [-0.1, -0.05) is 6.07 Å². The monoisotopic (exact) mass is 267 g/mol. The summed E-state index contributed by atoms with van der Waals surface area (Å²) in [6.07, 6.45) is 0. The van der Waals surface area contributed by atoms with Crippen LogP contribution in [0.15, 0.2) is 18.2 Å². The number of hydrogen-bond acceptors (Lipinski definition) is 3. The second-order valence-electron chi connectivity index (χ2n) is 4.17. The molecule has 0 aromatic heterocycles. The van der Waals surface area contributed by atoms with Crippen molar-refractivity contribution < 1.29 is 14.0 Å². The van der Waals surface area contributed by atoms with E-state index in [2.05, 4.69) is 10.6 Å². The standard InChI is InChI=1S/C13H18FN3O2/c1-3-16-13(19)8(2)17-7-10-5-4-9(12(15)18)6-11(10)14/h4-6,8,17H,3,7H2,1-2H3,(H2,15,18)(H,16,19). The van der Waals surface area contributed by atoms with Crippen LogP contribution >= 0.6 is 0 Å². The zero-order valence-corrected chi connectivity index (χ0v) is 11.0. The first-order valence-electron chi connectivity index (χ1n) is 6.05. The number of primary amides is 1. The number of benzene rings is 1. The summed E-state index contributed by atoms with van der Waals surface area (Å²) in [5.41, 5.74) is 5.55. The topological polar surface area (TPSA) is 84.2 Å². The maximum absolute atomic E-state index is 13.7. The molecule has 2 amide bonds. The fraction of sp³-hybridized carbons (Fsp3) is 0.385. The highest BCUT2D eigenvalue weighted by molar-refractivity contribution is 5.92. The summed E-state index contributed by atoms with van der Waals surface area (Å²) in [7, 11) is 0. The highest BCUT2D eigenvalue weighted by Crippen LogP contribution is 2.10. The van der Waals surface area contributed by atoms with Gasteiger partial charge < -0.3 is 16.4 Å². The molecule has 104 valence electrons. The number of rotatable bonds is 6. The third-order valence-electron chi connectivity index (χ3n) is 2.68. The van der Waals surface area contributed by atoms with Crippen LogP contribution in [-0.4, -0.2) is 24.4 Å². The van der Waals surface area contributed by atoms with E-state index in [-0.39, 0.29) is 18.0 Å². The van der Waals surface area contributed by atoms with Crippen LogP contribution in [0.25, 0.3) is 0 Å². The lowest BCUT2D eigenvalue weighted by Crippen LogP contribution is -2.41. The van der Waals surface area contributed by atoms with Gasteiger partial charge in [0.25, 0.3) is 0 Å². The van der Waals surface area contributed by atoms with Crippen molar-refractivity contribution in [2.45, 2.75) is 26.4 Å². The van der Waals surface area contributed by atoms with Crippen LogP contribution in [0.1, 0.15) is 29.8 Å². The lowest BCUT2D eigenvalue weighted by atomic mass is 10.1. The first kappa shape index (κ1) is 15.1. The number of amides is 2. The molecule has 1 aromatic rings. The summed E-state index contributed by atoms with van der Waals surface area (Å²) in [6.45, 7) is 4.27. The molecule has 0 spiro atoms. The lowest BCUT2D eigenvalue weighted by molar-refractivity contribution is -0.122. The molecule has 0 bridgehead atoms. The van der Waals surface area contributed by atoms with E-state index in [0.29, 0.717) is 12.1 Å². The van der Waals surface area contributed by atoms with Gasteiger partial charge in [-0.15, -0.1) is 0 Å². The van der Waals surface area contributed by atoms with Crippen molar-refractivity contribution in [3.05, 3.63) is 35.1 Å². The van der Waals surface area contributed by atoms with Crippen LogP contribution in [0.3, 0.4) is 0 Å². The van der Waals surface area contributed by atoms with Crippen LogP contribution in [-0.2, 0) is 11.3 Å². The summed E-state index contributed by atoms with van der Waals surface area (Å²) in [5.74, 6) is -1.34. The Bertz CT molecular complexity index is 477. The lowest BCUT2D eigenvalue weighted by Gasteiger charge is -2.13. The highest BCUT2D eigenvalue weighted by Gasteiger charge is 2.12. The summed E-state index contributed by atoms with van der Waals surface area (Å²) >= 11 is 0. The maximum Gasteiger partial charge on any atom is 0.248 e. The van der Waals surface area contributed by atoms with Crippen molar-refractivity contribution in [1.82, 2.24) is 10.6 Å². The van der Waals surface area contributed by atoms with Crippen LogP contribution in [0.2, 0.25) is 0 Å². The molecular weight excluding hydrogens is 249 g/mol. The zero-order valence-electron chi connectivity index (χ0n) is 11.0. The Hall–Kier alpha value is -1.95. The molecule has 0 aliphatic carbocycles. The average molecular weight is 267 g/mol. The maximum atomic E-state index is 13.7. The zero-order chi connectivity index (χ0) is 14.4. The van der Waals surface area contributed by atoms with Crippen LogP contribution in [0.4, 0.5) is 4.39 Å². The molecule has 0 radical (unpaired) electrons. The number of hydrogen-bond donors (Lipinski definition) is 3. The number of nitrogens with one attached hydrogen (secondary N) is 2. The van der Waals surface area contributed by atoms with Gasteiger partial charge in [-0.05, 0) is 26.0 Å². The Kier molecular flexibility index (Phi) is 5.44. The Morgan fingerprint density at radius 2 is 2.11 bits per heavy atom. The molecule has 0 heterocycles. The minimum Gasteiger partial charge on any atom is -0.366 e. The van der Waals surface area contributed by atoms with Gasteiger partial charge in [-0.25, -0.2) is 4.39 Å². The fourth-order valence-electron chi connectivity index (χ4n) is 1.53. The van der Waals surface area contributed by atoms with Crippen molar-refractivity contribution in [2.75, 3.05) is 6.54 Å². The van der Waals surface area contributed by atoms with Crippen LogP contribution in [0.5, 0.6) is 0 Å². The number of carbonyl (C=O) groups excluding carboxylic acids is 2. The number of likely N-dealkylation sites (N-methyl/N-ethyl adjacent to an activating group) is 1. The van der Waals surface area contributed by atoms with Crippen molar-refractivity contribution >= 4 is 11.8 Å². The Morgan fingerprint density at radius 3 is 2.63 bits per heavy atom. The number of nitrogens with two attached hydrogens (primary N) is 1. The van der Waals surface area contributed by atoms with Gasteiger partial charge in [0.2, 0.25) is 11.8 Å². The molecule has 4 N–H and O–H groups in total. The molecule has 6 heteroatoms. The molecule has 0 fully saturated rings. The quantitative estimate of drug-likeness (QED) is 0.703. The molecule has 5 nitrogen and oxygen atoms in total. The van der Waals surface area contributed by atoms with Crippen molar-refractivity contribution in [3.63, 3.8) is 0 Å². The van der Waals surface area contributed by atoms with Gasteiger partial charge >= 0.3 is 0 Å². The Labute approximate surface area is 111 Å². The van der Waals surface area contributed by atoms with Crippen molar-refractivity contribution in [2.24, 2.45) is 5.73 Å². The Morgan fingerprint density at radius 1 is 1.42 bits per heavy atom.